The van der Waals surface area contributed by atoms with Gasteiger partial charge in [0.2, 0.25) is 5.78 Å². The van der Waals surface area contributed by atoms with Gasteiger partial charge in [-0.1, -0.05) is 11.6 Å². The molecule has 2 rings (SSSR count). The van der Waals surface area contributed by atoms with Crippen molar-refractivity contribution in [3.05, 3.63) is 53.1 Å². The number of nitrogens with two attached hydrogens (primary N) is 1. The zero-order valence-corrected chi connectivity index (χ0v) is 8.98. The lowest BCUT2D eigenvalue weighted by Crippen LogP contribution is -2.05. The summed E-state index contributed by atoms with van der Waals surface area (Å²) in [6.45, 7) is 0. The molecule has 0 bridgehead atoms. The van der Waals surface area contributed by atoms with Crippen LogP contribution in [0.5, 0.6) is 0 Å². The van der Waals surface area contributed by atoms with Gasteiger partial charge < -0.3 is 5.73 Å². The summed E-state index contributed by atoms with van der Waals surface area (Å²) in [5.41, 5.74) is 6.72. The van der Waals surface area contributed by atoms with Gasteiger partial charge in [0.15, 0.2) is 0 Å². The molecule has 0 fully saturated rings. The predicted octanol–water partition coefficient (Wildman–Crippen LogP) is 1.94. The maximum atomic E-state index is 11.9. The SMILES string of the molecule is Nc1cc(C(=O)c2cnccn2)ccc1Cl. The molecule has 0 spiro atoms. The molecule has 0 saturated carbocycles. The number of halogens is 1. The van der Waals surface area contributed by atoms with Crippen molar-refractivity contribution in [3.63, 3.8) is 0 Å². The predicted molar refractivity (Wildman–Crippen MR) is 61.3 cm³/mol. The van der Waals surface area contributed by atoms with E-state index in [1.54, 1.807) is 12.1 Å². The molecule has 0 atom stereocenters. The van der Waals surface area contributed by atoms with Crippen LogP contribution >= 0.6 is 11.6 Å². The molecule has 1 aromatic heterocycles. The number of carbonyl (C=O) groups excluding carboxylic acids is 1. The molecule has 0 radical (unpaired) electrons. The monoisotopic (exact) mass is 233 g/mol. The second kappa shape index (κ2) is 4.28. The molecule has 1 aromatic carbocycles. The first-order valence-corrected chi connectivity index (χ1v) is 4.92. The highest BCUT2D eigenvalue weighted by atomic mass is 35.5. The average molecular weight is 234 g/mol. The van der Waals surface area contributed by atoms with Gasteiger partial charge in [0, 0.05) is 18.0 Å². The van der Waals surface area contributed by atoms with Crippen molar-refractivity contribution in [2.24, 2.45) is 0 Å². The molecule has 2 N–H and O–H groups in total. The lowest BCUT2D eigenvalue weighted by atomic mass is 10.1. The standard InChI is InChI=1S/C11H8ClN3O/c12-8-2-1-7(5-9(8)13)11(16)10-6-14-3-4-15-10/h1-6H,13H2. The summed E-state index contributed by atoms with van der Waals surface area (Å²) in [7, 11) is 0. The zero-order chi connectivity index (χ0) is 11.5. The van der Waals surface area contributed by atoms with E-state index in [4.69, 9.17) is 17.3 Å². The average Bonchev–Trinajstić information content (AvgIpc) is 2.33. The first kappa shape index (κ1) is 10.6. The molecule has 1 heterocycles. The van der Waals surface area contributed by atoms with Crippen LogP contribution in [0.15, 0.2) is 36.8 Å². The fourth-order valence-corrected chi connectivity index (χ4v) is 1.37. The lowest BCUT2D eigenvalue weighted by molar-refractivity contribution is 0.103. The Morgan fingerprint density at radius 1 is 1.31 bits per heavy atom. The van der Waals surface area contributed by atoms with Crippen LogP contribution in [0.25, 0.3) is 0 Å². The first-order valence-electron chi connectivity index (χ1n) is 4.54. The van der Waals surface area contributed by atoms with E-state index in [0.717, 1.165) is 0 Å². The molecule has 4 nitrogen and oxygen atoms in total. The summed E-state index contributed by atoms with van der Waals surface area (Å²) in [6, 6.07) is 4.72. The highest BCUT2D eigenvalue weighted by molar-refractivity contribution is 6.33. The number of aromatic nitrogens is 2. The van der Waals surface area contributed by atoms with Gasteiger partial charge in [0.25, 0.3) is 0 Å². The molecule has 80 valence electrons. The minimum atomic E-state index is -0.225. The minimum absolute atomic E-state index is 0.225. The Morgan fingerprint density at radius 2 is 2.12 bits per heavy atom. The Morgan fingerprint density at radius 3 is 2.75 bits per heavy atom. The molecule has 5 heteroatoms. The van der Waals surface area contributed by atoms with Gasteiger partial charge >= 0.3 is 0 Å². The summed E-state index contributed by atoms with van der Waals surface area (Å²) in [5, 5.41) is 0.427. The van der Waals surface area contributed by atoms with E-state index in [0.29, 0.717) is 16.3 Å². The van der Waals surface area contributed by atoms with Crippen LogP contribution in [0.2, 0.25) is 5.02 Å². The summed E-state index contributed by atoms with van der Waals surface area (Å²) in [6.07, 6.45) is 4.38. The third-order valence-electron chi connectivity index (χ3n) is 2.05. The van der Waals surface area contributed by atoms with Crippen LogP contribution in [0.1, 0.15) is 16.1 Å². The number of nitrogen functional groups attached to an aromatic ring is 1. The Balaban J connectivity index is 2.39. The van der Waals surface area contributed by atoms with E-state index >= 15 is 0 Å². The highest BCUT2D eigenvalue weighted by Gasteiger charge is 2.11. The number of carbonyl (C=O) groups is 1. The molecule has 0 amide bonds. The van der Waals surface area contributed by atoms with Gasteiger partial charge in [-0.25, -0.2) is 4.98 Å². The van der Waals surface area contributed by atoms with E-state index < -0.39 is 0 Å². The number of anilines is 1. The topological polar surface area (TPSA) is 68.9 Å². The van der Waals surface area contributed by atoms with Crippen molar-refractivity contribution >= 4 is 23.1 Å². The number of hydrogen-bond donors (Lipinski definition) is 1. The smallest absolute Gasteiger partial charge is 0.213 e. The van der Waals surface area contributed by atoms with Crippen molar-refractivity contribution in [2.45, 2.75) is 0 Å². The van der Waals surface area contributed by atoms with E-state index in [1.165, 1.54) is 24.7 Å². The fourth-order valence-electron chi connectivity index (χ4n) is 1.25. The van der Waals surface area contributed by atoms with E-state index in [-0.39, 0.29) is 11.5 Å². The number of benzene rings is 1. The van der Waals surface area contributed by atoms with Crippen LogP contribution in [-0.2, 0) is 0 Å². The number of nitrogens with zero attached hydrogens (tertiary/aromatic N) is 2. The van der Waals surface area contributed by atoms with Gasteiger partial charge in [-0.3, -0.25) is 9.78 Å². The third-order valence-corrected chi connectivity index (χ3v) is 2.40. The van der Waals surface area contributed by atoms with Gasteiger partial charge in [-0.05, 0) is 18.2 Å². The molecular weight excluding hydrogens is 226 g/mol. The molecule has 0 saturated heterocycles. The molecule has 0 unspecified atom stereocenters. The first-order chi connectivity index (χ1) is 7.68. The summed E-state index contributed by atoms with van der Waals surface area (Å²) < 4.78 is 0. The summed E-state index contributed by atoms with van der Waals surface area (Å²) in [5.74, 6) is -0.225. The van der Waals surface area contributed by atoms with Crippen LogP contribution in [-0.4, -0.2) is 15.8 Å². The highest BCUT2D eigenvalue weighted by Crippen LogP contribution is 2.20. The molecule has 0 aliphatic rings. The maximum Gasteiger partial charge on any atom is 0.213 e. The number of ketones is 1. The maximum absolute atomic E-state index is 11.9. The van der Waals surface area contributed by atoms with Gasteiger partial charge in [-0.15, -0.1) is 0 Å². The Kier molecular flexibility index (Phi) is 2.83. The zero-order valence-electron chi connectivity index (χ0n) is 8.22. The molecule has 0 aliphatic heterocycles. The number of hydrogen-bond acceptors (Lipinski definition) is 4. The van der Waals surface area contributed by atoms with Crippen LogP contribution in [0.3, 0.4) is 0 Å². The van der Waals surface area contributed by atoms with Crippen molar-refractivity contribution < 1.29 is 4.79 Å². The molecular formula is C11H8ClN3O. The summed E-state index contributed by atoms with van der Waals surface area (Å²) >= 11 is 5.77. The van der Waals surface area contributed by atoms with Crippen LogP contribution < -0.4 is 5.73 Å². The Bertz CT molecular complexity index is 528. The molecule has 16 heavy (non-hydrogen) atoms. The van der Waals surface area contributed by atoms with Crippen molar-refractivity contribution in [1.82, 2.24) is 9.97 Å². The van der Waals surface area contributed by atoms with E-state index in [9.17, 15) is 4.79 Å². The van der Waals surface area contributed by atoms with Crippen LogP contribution in [0.4, 0.5) is 5.69 Å². The summed E-state index contributed by atoms with van der Waals surface area (Å²) in [4.78, 5) is 19.7. The van der Waals surface area contributed by atoms with Gasteiger partial charge in [-0.2, -0.15) is 0 Å². The third kappa shape index (κ3) is 2.01. The van der Waals surface area contributed by atoms with Gasteiger partial charge in [0.1, 0.15) is 5.69 Å². The van der Waals surface area contributed by atoms with Crippen molar-refractivity contribution in [3.8, 4) is 0 Å². The van der Waals surface area contributed by atoms with Crippen LogP contribution in [0, 0.1) is 0 Å². The van der Waals surface area contributed by atoms with E-state index in [2.05, 4.69) is 9.97 Å². The van der Waals surface area contributed by atoms with Crippen molar-refractivity contribution in [2.75, 3.05) is 5.73 Å². The Labute approximate surface area is 97.1 Å². The largest absolute Gasteiger partial charge is 0.398 e. The van der Waals surface area contributed by atoms with Gasteiger partial charge in [0.05, 0.1) is 16.9 Å². The minimum Gasteiger partial charge on any atom is -0.398 e. The Hall–Kier alpha value is -1.94. The normalized spacial score (nSPS) is 10.1. The quantitative estimate of drug-likeness (QED) is 0.636. The molecule has 0 aliphatic carbocycles. The van der Waals surface area contributed by atoms with E-state index in [1.807, 2.05) is 0 Å². The fraction of sp³-hybridized carbons (Fsp3) is 0. The molecule has 2 aromatic rings. The number of rotatable bonds is 2. The second-order valence-electron chi connectivity index (χ2n) is 3.16. The lowest BCUT2D eigenvalue weighted by Gasteiger charge is -2.02. The van der Waals surface area contributed by atoms with Crippen molar-refractivity contribution in [1.29, 1.82) is 0 Å². The second-order valence-corrected chi connectivity index (χ2v) is 3.56.